The van der Waals surface area contributed by atoms with Crippen LogP contribution in [0.15, 0.2) is 53.4 Å². The molecular formula is C13H14N2O3S. The summed E-state index contributed by atoms with van der Waals surface area (Å²) in [6.07, 6.45) is 0. The Balaban J connectivity index is 2.30. The first-order valence-electron chi connectivity index (χ1n) is 5.54. The lowest BCUT2D eigenvalue weighted by Gasteiger charge is -2.10. The summed E-state index contributed by atoms with van der Waals surface area (Å²) >= 11 is 0. The lowest BCUT2D eigenvalue weighted by Crippen LogP contribution is -2.13. The van der Waals surface area contributed by atoms with E-state index < -0.39 is 10.0 Å². The van der Waals surface area contributed by atoms with Crippen LogP contribution in [0.25, 0.3) is 0 Å². The molecule has 0 amide bonds. The molecule has 2 aromatic carbocycles. The number of rotatable bonds is 4. The van der Waals surface area contributed by atoms with Crippen LogP contribution in [0.4, 0.5) is 11.4 Å². The molecule has 2 rings (SSSR count). The third-order valence-corrected chi connectivity index (χ3v) is 3.96. The van der Waals surface area contributed by atoms with E-state index >= 15 is 0 Å². The van der Waals surface area contributed by atoms with E-state index in [1.165, 1.54) is 19.2 Å². The van der Waals surface area contributed by atoms with E-state index in [0.29, 0.717) is 17.1 Å². The Morgan fingerprint density at radius 1 is 1.05 bits per heavy atom. The molecule has 0 aliphatic heterocycles. The van der Waals surface area contributed by atoms with Gasteiger partial charge in [-0.2, -0.15) is 0 Å². The molecule has 0 aliphatic carbocycles. The average Bonchev–Trinajstić information content (AvgIpc) is 2.41. The summed E-state index contributed by atoms with van der Waals surface area (Å²) in [7, 11) is -2.13. The van der Waals surface area contributed by atoms with Gasteiger partial charge in [0.2, 0.25) is 0 Å². The molecule has 19 heavy (non-hydrogen) atoms. The first kappa shape index (κ1) is 13.2. The molecule has 0 radical (unpaired) electrons. The molecule has 0 spiro atoms. The molecule has 0 unspecified atom stereocenters. The van der Waals surface area contributed by atoms with Gasteiger partial charge in [-0.05, 0) is 36.4 Å². The van der Waals surface area contributed by atoms with Crippen molar-refractivity contribution in [1.82, 2.24) is 0 Å². The van der Waals surface area contributed by atoms with Crippen LogP contribution < -0.4 is 15.2 Å². The van der Waals surface area contributed by atoms with Crippen molar-refractivity contribution in [2.24, 2.45) is 0 Å². The summed E-state index contributed by atoms with van der Waals surface area (Å²) in [5, 5.41) is 0. The molecule has 0 aromatic heterocycles. The second kappa shape index (κ2) is 5.19. The highest BCUT2D eigenvalue weighted by Crippen LogP contribution is 2.22. The van der Waals surface area contributed by atoms with Crippen LogP contribution in [0.5, 0.6) is 5.75 Å². The lowest BCUT2D eigenvalue weighted by molar-refractivity contribution is 0.414. The number of sulfonamides is 1. The van der Waals surface area contributed by atoms with Crippen molar-refractivity contribution in [2.75, 3.05) is 17.6 Å². The summed E-state index contributed by atoms with van der Waals surface area (Å²) in [6, 6.07) is 12.8. The third-order valence-electron chi connectivity index (χ3n) is 2.57. The van der Waals surface area contributed by atoms with Crippen molar-refractivity contribution in [1.29, 1.82) is 0 Å². The predicted octanol–water partition coefficient (Wildman–Crippen LogP) is 2.08. The lowest BCUT2D eigenvalue weighted by atomic mass is 10.3. The zero-order valence-electron chi connectivity index (χ0n) is 10.3. The summed E-state index contributed by atoms with van der Waals surface area (Å²) in [6.45, 7) is 0. The zero-order chi connectivity index (χ0) is 13.9. The Hall–Kier alpha value is -2.21. The number of hydrogen-bond acceptors (Lipinski definition) is 4. The highest BCUT2D eigenvalue weighted by atomic mass is 32.2. The molecule has 0 fully saturated rings. The molecule has 3 N–H and O–H groups in total. The Morgan fingerprint density at radius 2 is 1.68 bits per heavy atom. The quantitative estimate of drug-likeness (QED) is 0.839. The molecule has 2 aromatic rings. The van der Waals surface area contributed by atoms with Gasteiger partial charge in [0.05, 0.1) is 23.4 Å². The van der Waals surface area contributed by atoms with Crippen molar-refractivity contribution in [2.45, 2.75) is 4.90 Å². The van der Waals surface area contributed by atoms with Crippen LogP contribution >= 0.6 is 0 Å². The van der Waals surface area contributed by atoms with E-state index in [0.717, 1.165) is 0 Å². The molecule has 0 saturated carbocycles. The number of nitrogens with two attached hydrogens (primary N) is 1. The fraction of sp³-hybridized carbons (Fsp3) is 0.0769. The summed E-state index contributed by atoms with van der Waals surface area (Å²) in [4.78, 5) is 0.150. The topological polar surface area (TPSA) is 81.4 Å². The predicted molar refractivity (Wildman–Crippen MR) is 74.7 cm³/mol. The van der Waals surface area contributed by atoms with Gasteiger partial charge in [-0.25, -0.2) is 8.42 Å². The fourth-order valence-corrected chi connectivity index (χ4v) is 2.64. The number of anilines is 2. The highest BCUT2D eigenvalue weighted by molar-refractivity contribution is 7.92. The van der Waals surface area contributed by atoms with Gasteiger partial charge in [-0.15, -0.1) is 0 Å². The maximum absolute atomic E-state index is 12.1. The Labute approximate surface area is 112 Å². The van der Waals surface area contributed by atoms with Crippen molar-refractivity contribution < 1.29 is 13.2 Å². The molecule has 0 bridgehead atoms. The molecule has 6 heteroatoms. The fourth-order valence-electron chi connectivity index (χ4n) is 1.55. The first-order valence-corrected chi connectivity index (χ1v) is 7.02. The zero-order valence-corrected chi connectivity index (χ0v) is 11.1. The maximum Gasteiger partial charge on any atom is 0.261 e. The smallest absolute Gasteiger partial charge is 0.261 e. The maximum atomic E-state index is 12.1. The van der Waals surface area contributed by atoms with Gasteiger partial charge in [0.15, 0.2) is 0 Å². The monoisotopic (exact) mass is 278 g/mol. The number of para-hydroxylation sites is 2. The van der Waals surface area contributed by atoms with Crippen molar-refractivity contribution >= 4 is 21.4 Å². The van der Waals surface area contributed by atoms with Crippen LogP contribution in [0.3, 0.4) is 0 Å². The molecule has 0 atom stereocenters. The van der Waals surface area contributed by atoms with Crippen LogP contribution in [-0.4, -0.2) is 15.5 Å². The minimum atomic E-state index is -3.65. The Morgan fingerprint density at radius 3 is 2.26 bits per heavy atom. The molecule has 0 heterocycles. The standard InChI is InChI=1S/C13H14N2O3S/c1-18-10-6-8-11(9-7-10)19(16,17)15-13-5-3-2-4-12(13)14/h2-9,15H,14H2,1H3. The molecule has 0 saturated heterocycles. The first-order chi connectivity index (χ1) is 9.03. The number of nitrogens with one attached hydrogen (secondary N) is 1. The number of ether oxygens (including phenoxy) is 1. The molecule has 100 valence electrons. The van der Waals surface area contributed by atoms with E-state index in [-0.39, 0.29) is 4.90 Å². The second-order valence-electron chi connectivity index (χ2n) is 3.87. The number of methoxy groups -OCH3 is 1. The van der Waals surface area contributed by atoms with Crippen LogP contribution in [0, 0.1) is 0 Å². The van der Waals surface area contributed by atoms with Crippen LogP contribution in [0.2, 0.25) is 0 Å². The number of benzene rings is 2. The Bertz CT molecular complexity index is 667. The van der Waals surface area contributed by atoms with Gasteiger partial charge in [0.1, 0.15) is 5.75 Å². The summed E-state index contributed by atoms with van der Waals surface area (Å²) in [5.41, 5.74) is 6.44. The van der Waals surface area contributed by atoms with Gasteiger partial charge in [0, 0.05) is 0 Å². The van der Waals surface area contributed by atoms with E-state index in [9.17, 15) is 8.42 Å². The molecule has 0 aliphatic rings. The van der Waals surface area contributed by atoms with Crippen LogP contribution in [0.1, 0.15) is 0 Å². The van der Waals surface area contributed by atoms with Crippen molar-refractivity contribution in [3.05, 3.63) is 48.5 Å². The third kappa shape index (κ3) is 2.97. The van der Waals surface area contributed by atoms with Gasteiger partial charge >= 0.3 is 0 Å². The summed E-state index contributed by atoms with van der Waals surface area (Å²) < 4.78 is 31.7. The average molecular weight is 278 g/mol. The van der Waals surface area contributed by atoms with E-state index in [1.54, 1.807) is 36.4 Å². The van der Waals surface area contributed by atoms with Crippen LogP contribution in [-0.2, 0) is 10.0 Å². The largest absolute Gasteiger partial charge is 0.497 e. The van der Waals surface area contributed by atoms with E-state index in [4.69, 9.17) is 10.5 Å². The molecule has 5 nitrogen and oxygen atoms in total. The minimum absolute atomic E-state index is 0.150. The summed E-state index contributed by atoms with van der Waals surface area (Å²) in [5.74, 6) is 0.596. The SMILES string of the molecule is COc1ccc(S(=O)(=O)Nc2ccccc2N)cc1. The minimum Gasteiger partial charge on any atom is -0.497 e. The van der Waals surface area contributed by atoms with Gasteiger partial charge in [-0.3, -0.25) is 4.72 Å². The normalized spacial score (nSPS) is 11.0. The van der Waals surface area contributed by atoms with Gasteiger partial charge in [-0.1, -0.05) is 12.1 Å². The van der Waals surface area contributed by atoms with E-state index in [2.05, 4.69) is 4.72 Å². The van der Waals surface area contributed by atoms with Crippen molar-refractivity contribution in [3.8, 4) is 5.75 Å². The Kier molecular flexibility index (Phi) is 3.62. The van der Waals surface area contributed by atoms with Crippen molar-refractivity contribution in [3.63, 3.8) is 0 Å². The second-order valence-corrected chi connectivity index (χ2v) is 5.55. The highest BCUT2D eigenvalue weighted by Gasteiger charge is 2.15. The van der Waals surface area contributed by atoms with Gasteiger partial charge < -0.3 is 10.5 Å². The number of nitrogen functional groups attached to an aromatic ring is 1. The van der Waals surface area contributed by atoms with E-state index in [1.807, 2.05) is 0 Å². The number of hydrogen-bond donors (Lipinski definition) is 2. The van der Waals surface area contributed by atoms with Gasteiger partial charge in [0.25, 0.3) is 10.0 Å². The molecular weight excluding hydrogens is 264 g/mol.